The first-order valence-electron chi connectivity index (χ1n) is 20.0. The van der Waals surface area contributed by atoms with E-state index >= 15 is 0 Å². The quantitative estimate of drug-likeness (QED) is 0.243. The number of aliphatic hydroxyl groups excluding tert-OH is 1. The molecular weight excluding hydrogens is 718 g/mol. The fourth-order valence-corrected chi connectivity index (χ4v) is 8.87. The van der Waals surface area contributed by atoms with E-state index in [0.29, 0.717) is 19.3 Å². The largest absolute Gasteiger partial charge is 0.457 e. The van der Waals surface area contributed by atoms with Gasteiger partial charge in [-0.25, -0.2) is 4.79 Å². The summed E-state index contributed by atoms with van der Waals surface area (Å²) in [5.41, 5.74) is -0.922. The van der Waals surface area contributed by atoms with Crippen LogP contribution in [0.25, 0.3) is 17.0 Å². The lowest BCUT2D eigenvalue weighted by Crippen LogP contribution is -2.60. The van der Waals surface area contributed by atoms with Gasteiger partial charge in [0, 0.05) is 35.4 Å². The monoisotopic (exact) mass is 779 g/mol. The summed E-state index contributed by atoms with van der Waals surface area (Å²) < 4.78 is 31.6. The molecule has 1 amide bonds. The Hall–Kier alpha value is -3.75. The summed E-state index contributed by atoms with van der Waals surface area (Å²) in [5.74, 6) is -5.08. The van der Waals surface area contributed by atoms with Gasteiger partial charge in [0.2, 0.25) is 0 Å². The van der Waals surface area contributed by atoms with Crippen LogP contribution in [0.1, 0.15) is 86.6 Å². The van der Waals surface area contributed by atoms with Crippen molar-refractivity contribution >= 4 is 40.6 Å². The van der Waals surface area contributed by atoms with Crippen molar-refractivity contribution in [3.05, 3.63) is 48.2 Å². The van der Waals surface area contributed by atoms with E-state index in [1.165, 1.54) is 6.92 Å². The van der Waals surface area contributed by atoms with Crippen molar-refractivity contribution in [2.75, 3.05) is 20.7 Å². The van der Waals surface area contributed by atoms with Gasteiger partial charge in [0.05, 0.1) is 36.0 Å². The van der Waals surface area contributed by atoms with Gasteiger partial charge in [-0.2, -0.15) is 0 Å². The molecule has 3 aliphatic heterocycles. The average Bonchev–Trinajstić information content (AvgIpc) is 3.48. The van der Waals surface area contributed by atoms with E-state index < -0.39 is 83.4 Å². The van der Waals surface area contributed by atoms with Gasteiger partial charge >= 0.3 is 12.1 Å². The first-order valence-corrected chi connectivity index (χ1v) is 20.0. The normalized spacial score (nSPS) is 37.6. The number of carbonyl (C=O) groups excluding carboxylic acids is 4. The second-order valence-electron chi connectivity index (χ2n) is 16.7. The van der Waals surface area contributed by atoms with Crippen LogP contribution in [0.2, 0.25) is 0 Å². The van der Waals surface area contributed by atoms with Gasteiger partial charge in [0.1, 0.15) is 23.9 Å². The number of likely N-dealkylation sites (N-methyl/N-ethyl adjacent to an activating group) is 1. The molecule has 1 unspecified atom stereocenters. The van der Waals surface area contributed by atoms with E-state index in [1.54, 1.807) is 40.8 Å². The van der Waals surface area contributed by atoms with Gasteiger partial charge in [-0.15, -0.1) is 0 Å². The maximum absolute atomic E-state index is 14.5. The predicted molar refractivity (Wildman–Crippen MR) is 210 cm³/mol. The number of nitrogens with one attached hydrogen (secondary N) is 1. The van der Waals surface area contributed by atoms with Gasteiger partial charge in [0.25, 0.3) is 0 Å². The molecule has 0 bridgehead atoms. The third-order valence-electron chi connectivity index (χ3n) is 12.1. The van der Waals surface area contributed by atoms with E-state index in [9.17, 15) is 24.3 Å². The molecule has 1 aromatic carbocycles. The minimum absolute atomic E-state index is 0.0739. The molecule has 0 aliphatic carbocycles. The zero-order chi connectivity index (χ0) is 41.1. The number of alkyl carbamates (subject to hydrolysis) is 1. The van der Waals surface area contributed by atoms with Crippen LogP contribution in [0.5, 0.6) is 0 Å². The number of ketones is 2. The minimum Gasteiger partial charge on any atom is -0.457 e. The molecule has 13 atom stereocenters. The molecule has 4 heterocycles. The first-order chi connectivity index (χ1) is 26.4. The number of carbonyl (C=O) groups is 4. The van der Waals surface area contributed by atoms with Gasteiger partial charge < -0.3 is 39.0 Å². The molecule has 13 nitrogen and oxygen atoms in total. The van der Waals surface area contributed by atoms with Gasteiger partial charge in [-0.05, 0) is 84.8 Å². The summed E-state index contributed by atoms with van der Waals surface area (Å²) in [6, 6.07) is 8.66. The van der Waals surface area contributed by atoms with E-state index in [-0.39, 0.29) is 31.0 Å². The van der Waals surface area contributed by atoms with E-state index in [0.717, 1.165) is 16.5 Å². The van der Waals surface area contributed by atoms with Crippen molar-refractivity contribution in [3.63, 3.8) is 0 Å². The molecule has 13 heteroatoms. The molecule has 0 radical (unpaired) electrons. The molecule has 2 aromatic rings. The highest BCUT2D eigenvalue weighted by atomic mass is 16.7. The molecule has 1 aromatic heterocycles. The smallest absolute Gasteiger partial charge is 0.408 e. The molecule has 3 fully saturated rings. The van der Waals surface area contributed by atoms with Gasteiger partial charge in [0.15, 0.2) is 17.7 Å². The molecule has 2 N–H and O–H groups in total. The Morgan fingerprint density at radius 2 is 1.77 bits per heavy atom. The summed E-state index contributed by atoms with van der Waals surface area (Å²) in [6.07, 6.45) is 1.85. The maximum atomic E-state index is 14.5. The minimum atomic E-state index is -1.38. The fourth-order valence-electron chi connectivity index (χ4n) is 8.87. The Morgan fingerprint density at radius 3 is 2.46 bits per heavy atom. The number of fused-ring (bicyclic) bond motifs is 2. The van der Waals surface area contributed by atoms with Crippen LogP contribution in [0.3, 0.4) is 0 Å². The number of rotatable bonds is 9. The van der Waals surface area contributed by atoms with Gasteiger partial charge in [-0.1, -0.05) is 58.4 Å². The number of hydrogen-bond donors (Lipinski definition) is 2. The number of benzene rings is 1. The lowest BCUT2D eigenvalue weighted by molar-refractivity contribution is -0.296. The number of pyridine rings is 1. The molecule has 5 rings (SSSR count). The number of aliphatic hydroxyl groups is 1. The molecular formula is C43H61N3O10. The lowest BCUT2D eigenvalue weighted by atomic mass is 9.73. The van der Waals surface area contributed by atoms with Crippen molar-refractivity contribution in [2.24, 2.45) is 23.7 Å². The van der Waals surface area contributed by atoms with Crippen LogP contribution in [-0.2, 0) is 38.1 Å². The van der Waals surface area contributed by atoms with Crippen molar-refractivity contribution < 1.29 is 48.0 Å². The molecule has 3 saturated heterocycles. The topological polar surface area (TPSA) is 163 Å². The van der Waals surface area contributed by atoms with Gasteiger partial charge in [-0.3, -0.25) is 19.4 Å². The number of nitrogens with zero attached hydrogens (tertiary/aromatic N) is 2. The highest BCUT2D eigenvalue weighted by molar-refractivity contribution is 6.00. The molecule has 0 spiro atoms. The first kappa shape index (κ1) is 43.4. The fraction of sp³-hybridized carbons (Fsp3) is 0.651. The molecule has 3 aliphatic rings. The molecule has 0 saturated carbocycles. The summed E-state index contributed by atoms with van der Waals surface area (Å²) in [6.45, 7) is 14.1. The number of aromatic nitrogens is 1. The second kappa shape index (κ2) is 17.8. The number of cyclic esters (lactones) is 1. The van der Waals surface area contributed by atoms with Crippen LogP contribution in [-0.4, -0.2) is 113 Å². The molecule has 56 heavy (non-hydrogen) atoms. The number of esters is 1. The van der Waals surface area contributed by atoms with Crippen LogP contribution >= 0.6 is 0 Å². The number of amides is 1. The van der Waals surface area contributed by atoms with Crippen molar-refractivity contribution in [1.82, 2.24) is 15.2 Å². The zero-order valence-electron chi connectivity index (χ0n) is 34.5. The Kier molecular flexibility index (Phi) is 13.8. The van der Waals surface area contributed by atoms with Crippen LogP contribution < -0.4 is 5.32 Å². The SMILES string of the molecule is CCC[C@H]1OC(=O)[C@H](C)C(=O)[C@H](C)[C@@H](OC2O[C@H](C)C[C@H](N(C)C)[C@H]2O)[C@](C)(OC/C=C/c2ccc3ncccc3c2)C[C@@H](C)C(=O)[C@H](C)[C@@H]2NC(=O)O[C@]12C. The van der Waals surface area contributed by atoms with Crippen molar-refractivity contribution in [1.29, 1.82) is 0 Å². The maximum Gasteiger partial charge on any atom is 0.408 e. The highest BCUT2D eigenvalue weighted by Gasteiger charge is 2.57. The Bertz CT molecular complexity index is 1770. The Morgan fingerprint density at radius 1 is 1.04 bits per heavy atom. The number of Topliss-reactive ketones (excluding diaryl/α,β-unsaturated/α-hetero) is 2. The van der Waals surface area contributed by atoms with E-state index in [1.807, 2.05) is 75.3 Å². The van der Waals surface area contributed by atoms with Crippen LogP contribution in [0.15, 0.2) is 42.6 Å². The second-order valence-corrected chi connectivity index (χ2v) is 16.7. The zero-order valence-corrected chi connectivity index (χ0v) is 34.5. The standard InChI is InChI=1S/C43H61N3O10/c1-11-14-33-43(8)37(45-41(51)56-43)26(4)34(47)24(2)23-42(7,52-20-13-15-29-17-18-31-30(22-29)16-12-19-44-31)38(27(5)35(48)28(6)39(50)54-33)55-40-36(49)32(46(9)10)21-25(3)53-40/h12-13,15-19,22,24-28,32-33,36-38,40,49H,11,14,20-21,23H2,1-10H3,(H,45,51)/b15-13+/t24-,25-,26+,27+,28-,32+,33-,36-,37+,38-,40?,42-,43-/m1/s1. The molecule has 308 valence electrons. The summed E-state index contributed by atoms with van der Waals surface area (Å²) in [4.78, 5) is 62.0. The Balaban J connectivity index is 1.56. The third kappa shape index (κ3) is 9.18. The lowest BCUT2D eigenvalue weighted by Gasteiger charge is -2.47. The van der Waals surface area contributed by atoms with E-state index in [4.69, 9.17) is 23.7 Å². The predicted octanol–water partition coefficient (Wildman–Crippen LogP) is 5.50. The van der Waals surface area contributed by atoms with Crippen molar-refractivity contribution in [3.8, 4) is 0 Å². The van der Waals surface area contributed by atoms with E-state index in [2.05, 4.69) is 10.3 Å². The summed E-state index contributed by atoms with van der Waals surface area (Å²) in [7, 11) is 3.75. The van der Waals surface area contributed by atoms with Crippen LogP contribution in [0.4, 0.5) is 4.79 Å². The third-order valence-corrected chi connectivity index (χ3v) is 12.1. The summed E-state index contributed by atoms with van der Waals surface area (Å²) >= 11 is 0. The number of hydrogen-bond acceptors (Lipinski definition) is 12. The number of ether oxygens (including phenoxy) is 5. The highest BCUT2D eigenvalue weighted by Crippen LogP contribution is 2.40. The Labute approximate surface area is 330 Å². The van der Waals surface area contributed by atoms with Crippen LogP contribution in [0, 0.1) is 23.7 Å². The average molecular weight is 780 g/mol. The van der Waals surface area contributed by atoms with Crippen molar-refractivity contribution in [2.45, 2.75) is 135 Å². The summed E-state index contributed by atoms with van der Waals surface area (Å²) in [5, 5.41) is 15.4.